The van der Waals surface area contributed by atoms with E-state index in [9.17, 15) is 29.4 Å². The number of phenolic OH excluding ortho intramolecular Hbond substituents is 2. The smallest absolute Gasteiger partial charge is 0.331 e. The Labute approximate surface area is 411 Å². The maximum atomic E-state index is 13.0. The number of allylic oxidation sites excluding steroid dienone is 10. The van der Waals surface area contributed by atoms with Crippen LogP contribution >= 0.6 is 0 Å². The quantitative estimate of drug-likeness (QED) is 0.0897. The van der Waals surface area contributed by atoms with E-state index >= 15 is 0 Å². The van der Waals surface area contributed by atoms with Gasteiger partial charge in [-0.1, -0.05) is 72.8 Å². The third-order valence-corrected chi connectivity index (χ3v) is 12.5. The fourth-order valence-corrected chi connectivity index (χ4v) is 9.14. The fourth-order valence-electron chi connectivity index (χ4n) is 9.14. The van der Waals surface area contributed by atoms with E-state index in [1.165, 1.54) is 33.7 Å². The number of phenols is 2. The summed E-state index contributed by atoms with van der Waals surface area (Å²) in [5.74, 6) is -0.315. The maximum Gasteiger partial charge on any atom is 0.331 e. The first kappa shape index (κ1) is 44.6. The minimum absolute atomic E-state index is 0.117. The molecule has 1 aliphatic carbocycles. The molecule has 4 aliphatic rings. The van der Waals surface area contributed by atoms with Crippen molar-refractivity contribution in [1.29, 1.82) is 0 Å². The lowest BCUT2D eigenvalue weighted by Gasteiger charge is -2.15. The number of rotatable bonds is 10. The number of aromatic nitrogens is 3. The zero-order chi connectivity index (χ0) is 49.3. The van der Waals surface area contributed by atoms with E-state index in [2.05, 4.69) is 17.1 Å². The third kappa shape index (κ3) is 9.08. The summed E-state index contributed by atoms with van der Waals surface area (Å²) < 4.78 is 13.9. The van der Waals surface area contributed by atoms with Crippen LogP contribution in [0.25, 0.3) is 22.3 Å². The summed E-state index contributed by atoms with van der Waals surface area (Å²) >= 11 is 0. The molecular formula is C59H41N5O8. The third-order valence-electron chi connectivity index (χ3n) is 12.5. The van der Waals surface area contributed by atoms with Crippen molar-refractivity contribution in [3.8, 4) is 23.0 Å². The molecule has 13 nitrogen and oxygen atoms in total. The number of hydrogen-bond donors (Lipinski definition) is 3. The molecule has 350 valence electrons. The summed E-state index contributed by atoms with van der Waals surface area (Å²) in [6, 6.07) is 41.7. The van der Waals surface area contributed by atoms with E-state index in [0.29, 0.717) is 40.7 Å². The Hall–Kier alpha value is -9.88. The van der Waals surface area contributed by atoms with Gasteiger partial charge in [-0.3, -0.25) is 9.59 Å². The zero-order valence-electron chi connectivity index (χ0n) is 38.2. The molecule has 0 saturated heterocycles. The Morgan fingerprint density at radius 3 is 1.26 bits per heavy atom. The average Bonchev–Trinajstić information content (AvgIpc) is 4.24. The standard InChI is InChI=1S/C59H41N5O8/c65-42-17-9-36(10-18-42)56-40-7-8-41(33-40)57(37-13-21-44(22-14-37)71-54(69)34-63-31-3-1-5-52(63)67)47-26-27-48(61-47)58(38-11-19-43(66)20-12-38)50-29-30-51(62-50)59(49-28-25-46(56)60-49)39-15-23-45(24-16-39)72-55(70)35-64-32-4-2-6-53(64)68/h1-32,62,65-66H,33-35H2. The molecule has 0 fully saturated rings. The molecule has 4 aromatic carbocycles. The van der Waals surface area contributed by atoms with Crippen LogP contribution in [0, 0.1) is 0 Å². The van der Waals surface area contributed by atoms with Gasteiger partial charge < -0.3 is 33.8 Å². The maximum absolute atomic E-state index is 13.0. The van der Waals surface area contributed by atoms with Gasteiger partial charge in [-0.15, -0.1) is 0 Å². The average molecular weight is 948 g/mol. The summed E-state index contributed by atoms with van der Waals surface area (Å²) in [7, 11) is 0. The van der Waals surface area contributed by atoms with Gasteiger partial charge >= 0.3 is 11.9 Å². The zero-order valence-corrected chi connectivity index (χ0v) is 38.2. The number of H-pyrrole nitrogens is 1. The lowest BCUT2D eigenvalue weighted by atomic mass is 9.91. The van der Waals surface area contributed by atoms with E-state index in [1.54, 1.807) is 72.8 Å². The van der Waals surface area contributed by atoms with E-state index in [1.807, 2.05) is 85.0 Å². The second-order valence-corrected chi connectivity index (χ2v) is 17.2. The Kier molecular flexibility index (Phi) is 11.7. The molecule has 3 N–H and O–H groups in total. The second-order valence-electron chi connectivity index (χ2n) is 17.2. The monoisotopic (exact) mass is 947 g/mol. The lowest BCUT2D eigenvalue weighted by molar-refractivity contribution is -0.136. The van der Waals surface area contributed by atoms with Crippen LogP contribution in [0.3, 0.4) is 0 Å². The van der Waals surface area contributed by atoms with Crippen LogP contribution in [0.2, 0.25) is 0 Å². The van der Waals surface area contributed by atoms with E-state index < -0.39 is 11.9 Å². The summed E-state index contributed by atoms with van der Waals surface area (Å²) in [6.45, 7) is -0.487. The molecular weight excluding hydrogens is 907 g/mol. The van der Waals surface area contributed by atoms with Crippen molar-refractivity contribution in [1.82, 2.24) is 14.1 Å². The topological polar surface area (TPSA) is 178 Å². The molecule has 7 aromatic rings. The number of carbonyl (C=O) groups excluding carboxylic acids is 2. The van der Waals surface area contributed by atoms with Crippen molar-refractivity contribution in [2.45, 2.75) is 19.5 Å². The number of aromatic hydroxyl groups is 2. The second kappa shape index (κ2) is 18.9. The summed E-state index contributed by atoms with van der Waals surface area (Å²) in [6.07, 6.45) is 15.6. The van der Waals surface area contributed by atoms with Crippen molar-refractivity contribution >= 4 is 45.7 Å². The largest absolute Gasteiger partial charge is 0.508 e. The molecule has 0 radical (unpaired) electrons. The first-order chi connectivity index (χ1) is 35.1. The Morgan fingerprint density at radius 1 is 0.472 bits per heavy atom. The number of esters is 2. The number of hydrogen-bond acceptors (Lipinski definition) is 10. The van der Waals surface area contributed by atoms with Crippen LogP contribution in [-0.2, 0) is 22.7 Å². The van der Waals surface area contributed by atoms with Crippen LogP contribution in [-0.4, -0.2) is 47.7 Å². The highest BCUT2D eigenvalue weighted by Gasteiger charge is 2.27. The number of benzene rings is 4. The minimum atomic E-state index is -0.594. The van der Waals surface area contributed by atoms with Gasteiger partial charge in [0.1, 0.15) is 36.1 Å². The molecule has 3 aromatic heterocycles. The number of aromatic amines is 1. The van der Waals surface area contributed by atoms with Crippen LogP contribution in [0.4, 0.5) is 0 Å². The Balaban J connectivity index is 1.04. The molecule has 13 heteroatoms. The molecule has 0 amide bonds. The molecule has 72 heavy (non-hydrogen) atoms. The van der Waals surface area contributed by atoms with Gasteiger partial charge in [-0.05, 0) is 137 Å². The predicted molar refractivity (Wildman–Crippen MR) is 275 cm³/mol. The van der Waals surface area contributed by atoms with Gasteiger partial charge in [-0.2, -0.15) is 0 Å². The van der Waals surface area contributed by atoms with Gasteiger partial charge in [0.15, 0.2) is 0 Å². The Bertz CT molecular complexity index is 3780. The van der Waals surface area contributed by atoms with Crippen LogP contribution in [0.5, 0.6) is 23.0 Å². The molecule has 3 aliphatic heterocycles. The number of pyridine rings is 2. The normalized spacial score (nSPS) is 14.8. The van der Waals surface area contributed by atoms with E-state index in [0.717, 1.165) is 67.1 Å². The van der Waals surface area contributed by atoms with Crippen molar-refractivity contribution in [2.24, 2.45) is 9.98 Å². The number of nitrogens with zero attached hydrogens (tertiary/aromatic N) is 4. The summed E-state index contributed by atoms with van der Waals surface area (Å²) in [5, 5.41) is 20.8. The van der Waals surface area contributed by atoms with Crippen molar-refractivity contribution in [2.75, 3.05) is 0 Å². The molecule has 0 atom stereocenters. The van der Waals surface area contributed by atoms with Crippen LogP contribution in [0.15, 0.2) is 237 Å². The number of aliphatic imine (C=N–C) groups is 2. The highest BCUT2D eigenvalue weighted by Crippen LogP contribution is 2.42. The number of ether oxygens (including phenoxy) is 2. The fraction of sp³-hybridized carbons (Fsp3) is 0.0508. The number of carbonyl (C=O) groups is 2. The van der Waals surface area contributed by atoms with Crippen molar-refractivity contribution in [3.05, 3.63) is 271 Å². The van der Waals surface area contributed by atoms with E-state index in [-0.39, 0.29) is 35.7 Å². The molecule has 0 unspecified atom stereocenters. The van der Waals surface area contributed by atoms with Gasteiger partial charge in [0.05, 0.1) is 22.8 Å². The number of fused-ring (bicyclic) bond motifs is 6. The number of nitrogens with one attached hydrogen (secondary N) is 1. The van der Waals surface area contributed by atoms with Gasteiger partial charge in [0, 0.05) is 58.2 Å². The highest BCUT2D eigenvalue weighted by molar-refractivity contribution is 6.34. The van der Waals surface area contributed by atoms with E-state index in [4.69, 9.17) is 19.5 Å². The predicted octanol–water partition coefficient (Wildman–Crippen LogP) is 9.38. The lowest BCUT2D eigenvalue weighted by Crippen LogP contribution is -2.25. The minimum Gasteiger partial charge on any atom is -0.508 e. The van der Waals surface area contributed by atoms with Crippen molar-refractivity contribution < 1.29 is 29.3 Å². The summed E-state index contributed by atoms with van der Waals surface area (Å²) in [5.41, 5.74) is 12.0. The van der Waals surface area contributed by atoms with Gasteiger partial charge in [-0.25, -0.2) is 19.6 Å². The van der Waals surface area contributed by atoms with Crippen molar-refractivity contribution in [3.63, 3.8) is 0 Å². The van der Waals surface area contributed by atoms with Crippen LogP contribution in [0.1, 0.15) is 40.1 Å². The summed E-state index contributed by atoms with van der Waals surface area (Å²) in [4.78, 5) is 64.8. The Morgan fingerprint density at radius 2 is 0.861 bits per heavy atom. The first-order valence-electron chi connectivity index (χ1n) is 23.0. The molecule has 8 bridgehead atoms. The van der Waals surface area contributed by atoms with Gasteiger partial charge in [0.2, 0.25) is 0 Å². The van der Waals surface area contributed by atoms with Crippen LogP contribution < -0.4 is 20.6 Å². The SMILES string of the molecule is O=C(Cn1ccccc1=O)Oc1ccc(C2=C3C=CC(=C(c4ccc(O)cc4)C4=NC(=C(c5ccc(OC(=O)Cn6ccccc6=O)cc5)c5ccc([nH]5)C(c5ccc(O)cc5)=C5C=CC2=N5)C=C4)C3)cc1. The molecule has 0 saturated carbocycles. The van der Waals surface area contributed by atoms with Gasteiger partial charge in [0.25, 0.3) is 11.1 Å². The highest BCUT2D eigenvalue weighted by atomic mass is 16.5. The molecule has 0 spiro atoms. The first-order valence-corrected chi connectivity index (χ1v) is 23.0. The molecule has 6 heterocycles. The molecule has 11 rings (SSSR count).